The first-order valence-electron chi connectivity index (χ1n) is 8.91. The Kier molecular flexibility index (Phi) is 7.54. The van der Waals surface area contributed by atoms with Crippen molar-refractivity contribution in [3.05, 3.63) is 84.7 Å². The molecule has 3 aromatic carbocycles. The van der Waals surface area contributed by atoms with E-state index in [2.05, 4.69) is 15.0 Å². The van der Waals surface area contributed by atoms with E-state index >= 15 is 0 Å². The molecule has 0 saturated carbocycles. The normalized spacial score (nSPS) is 10.7. The highest BCUT2D eigenvalue weighted by Crippen LogP contribution is 2.35. The van der Waals surface area contributed by atoms with Crippen LogP contribution in [0.3, 0.4) is 0 Å². The van der Waals surface area contributed by atoms with Gasteiger partial charge in [-0.15, -0.1) is 15.0 Å². The van der Waals surface area contributed by atoms with Gasteiger partial charge in [0.1, 0.15) is 17.2 Å². The van der Waals surface area contributed by atoms with Gasteiger partial charge < -0.3 is 14.2 Å². The maximum absolute atomic E-state index is 6.19. The van der Waals surface area contributed by atoms with Crippen LogP contribution in [-0.2, 0) is 0 Å². The van der Waals surface area contributed by atoms with Crippen molar-refractivity contribution in [3.8, 4) is 35.3 Å². The molecule has 1 aromatic heterocycles. The number of ether oxygens (including phenoxy) is 3. The lowest BCUT2D eigenvalue weighted by Crippen LogP contribution is -2.02. The molecule has 0 radical (unpaired) electrons. The number of hydrogen-bond acceptors (Lipinski definition) is 6. The molecule has 0 bridgehead atoms. The third-order valence-electron chi connectivity index (χ3n) is 3.86. The van der Waals surface area contributed by atoms with Crippen LogP contribution in [0.25, 0.3) is 0 Å². The Bertz CT molecular complexity index is 1170. The first kappa shape index (κ1) is 24.0. The fourth-order valence-electron chi connectivity index (χ4n) is 2.43. The Morgan fingerprint density at radius 1 is 0.424 bits per heavy atom. The lowest BCUT2D eigenvalue weighted by molar-refractivity contribution is 0.362. The molecule has 0 aliphatic heterocycles. The topological polar surface area (TPSA) is 66.4 Å². The van der Waals surface area contributed by atoms with Crippen molar-refractivity contribution in [2.45, 2.75) is 0 Å². The van der Waals surface area contributed by atoms with Crippen molar-refractivity contribution in [2.75, 3.05) is 0 Å². The van der Waals surface area contributed by atoms with Gasteiger partial charge in [0.15, 0.2) is 0 Å². The molecule has 0 aliphatic carbocycles. The predicted molar refractivity (Wildman–Crippen MR) is 129 cm³/mol. The van der Waals surface area contributed by atoms with E-state index in [1.54, 1.807) is 36.4 Å². The molecule has 1 heterocycles. The fourth-order valence-corrected chi connectivity index (χ4v) is 3.77. The van der Waals surface area contributed by atoms with Crippen LogP contribution in [0.5, 0.6) is 35.3 Å². The molecular formula is C21H9Cl6N3O3. The van der Waals surface area contributed by atoms with Crippen molar-refractivity contribution in [3.63, 3.8) is 0 Å². The summed E-state index contributed by atoms with van der Waals surface area (Å²) >= 11 is 36.4. The Balaban J connectivity index is 1.71. The molecule has 4 rings (SSSR count). The molecule has 0 N–H and O–H groups in total. The highest BCUT2D eigenvalue weighted by molar-refractivity contribution is 6.36. The second kappa shape index (κ2) is 10.4. The first-order chi connectivity index (χ1) is 15.8. The summed E-state index contributed by atoms with van der Waals surface area (Å²) in [6.45, 7) is 0. The van der Waals surface area contributed by atoms with Gasteiger partial charge >= 0.3 is 18.0 Å². The molecule has 0 fully saturated rings. The second-order valence-electron chi connectivity index (χ2n) is 6.21. The Morgan fingerprint density at radius 2 is 0.697 bits per heavy atom. The van der Waals surface area contributed by atoms with Gasteiger partial charge in [0.25, 0.3) is 0 Å². The number of rotatable bonds is 6. The van der Waals surface area contributed by atoms with Crippen molar-refractivity contribution in [1.82, 2.24) is 15.0 Å². The first-order valence-corrected chi connectivity index (χ1v) is 11.2. The minimum atomic E-state index is -0.172. The van der Waals surface area contributed by atoms with Crippen molar-refractivity contribution >= 4 is 69.6 Å². The zero-order chi connectivity index (χ0) is 23.5. The summed E-state index contributed by atoms with van der Waals surface area (Å²) in [5.41, 5.74) is 0. The number of halogens is 6. The smallest absolute Gasteiger partial charge is 0.331 e. The SMILES string of the molecule is Clc1ccc(Oc2nc(Oc3ccc(Cl)cc3Cl)nc(Oc3ccc(Cl)cc3Cl)n2)c(Cl)c1. The van der Waals surface area contributed by atoms with E-state index in [0.29, 0.717) is 15.1 Å². The largest absolute Gasteiger partial charge is 0.422 e. The zero-order valence-corrected chi connectivity index (χ0v) is 20.6. The Morgan fingerprint density at radius 3 is 0.939 bits per heavy atom. The number of hydrogen-bond donors (Lipinski definition) is 0. The highest BCUT2D eigenvalue weighted by Gasteiger charge is 2.16. The standard InChI is InChI=1S/C21H9Cl6N3O3/c22-10-1-4-16(13(25)7-10)31-19-28-20(32-17-5-2-11(23)8-14(17)26)30-21(29-19)33-18-6-3-12(24)9-15(18)27/h1-9H. The molecular weight excluding hydrogens is 555 g/mol. The zero-order valence-electron chi connectivity index (χ0n) is 16.0. The third kappa shape index (κ3) is 6.23. The number of nitrogens with zero attached hydrogens (tertiary/aromatic N) is 3. The lowest BCUT2D eigenvalue weighted by atomic mass is 10.3. The summed E-state index contributed by atoms with van der Waals surface area (Å²) in [6.07, 6.45) is 0. The summed E-state index contributed by atoms with van der Waals surface area (Å²) in [5, 5.41) is 2.04. The van der Waals surface area contributed by atoms with E-state index in [4.69, 9.17) is 83.8 Å². The monoisotopic (exact) mass is 561 g/mol. The molecule has 0 amide bonds. The maximum atomic E-state index is 6.19. The summed E-state index contributed by atoms with van der Waals surface area (Å²) in [7, 11) is 0. The fraction of sp³-hybridized carbons (Fsp3) is 0. The molecule has 168 valence electrons. The number of aromatic nitrogens is 3. The van der Waals surface area contributed by atoms with Gasteiger partial charge in [0, 0.05) is 15.1 Å². The van der Waals surface area contributed by atoms with Gasteiger partial charge in [-0.2, -0.15) is 0 Å². The molecule has 0 aliphatic rings. The average Bonchev–Trinajstić information content (AvgIpc) is 2.74. The van der Waals surface area contributed by atoms with Crippen molar-refractivity contribution in [2.24, 2.45) is 0 Å². The molecule has 6 nitrogen and oxygen atoms in total. The average molecular weight is 564 g/mol. The van der Waals surface area contributed by atoms with Gasteiger partial charge in [-0.05, 0) is 54.6 Å². The molecule has 0 spiro atoms. The summed E-state index contributed by atoms with van der Waals surface area (Å²) in [4.78, 5) is 12.4. The van der Waals surface area contributed by atoms with E-state index in [1.807, 2.05) is 0 Å². The van der Waals surface area contributed by atoms with E-state index in [0.717, 1.165) is 0 Å². The minimum Gasteiger partial charge on any atom is -0.422 e. The van der Waals surface area contributed by atoms with Crippen LogP contribution in [0.4, 0.5) is 0 Å². The number of benzene rings is 3. The molecule has 0 saturated heterocycles. The van der Waals surface area contributed by atoms with Crippen molar-refractivity contribution in [1.29, 1.82) is 0 Å². The highest BCUT2D eigenvalue weighted by atomic mass is 35.5. The summed E-state index contributed by atoms with van der Waals surface area (Å²) < 4.78 is 17.1. The molecule has 33 heavy (non-hydrogen) atoms. The predicted octanol–water partition coefficient (Wildman–Crippen LogP) is 9.17. The second-order valence-corrected chi connectivity index (χ2v) is 8.74. The van der Waals surface area contributed by atoms with E-state index < -0.39 is 0 Å². The molecule has 12 heteroatoms. The van der Waals surface area contributed by atoms with Crippen LogP contribution in [-0.4, -0.2) is 15.0 Å². The van der Waals surface area contributed by atoms with Crippen molar-refractivity contribution < 1.29 is 14.2 Å². The molecule has 4 aromatic rings. The van der Waals surface area contributed by atoms with Gasteiger partial charge in [0.05, 0.1) is 15.1 Å². The van der Waals surface area contributed by atoms with E-state index in [9.17, 15) is 0 Å². The van der Waals surface area contributed by atoms with Crippen LogP contribution < -0.4 is 14.2 Å². The summed E-state index contributed by atoms with van der Waals surface area (Å²) in [6, 6.07) is 13.5. The maximum Gasteiger partial charge on any atom is 0.331 e. The lowest BCUT2D eigenvalue weighted by Gasteiger charge is -2.11. The minimum absolute atomic E-state index is 0.172. The Hall–Kier alpha value is -2.19. The molecule has 0 unspecified atom stereocenters. The van der Waals surface area contributed by atoms with Gasteiger partial charge in [0.2, 0.25) is 0 Å². The van der Waals surface area contributed by atoms with E-state index in [1.165, 1.54) is 18.2 Å². The molecule has 0 atom stereocenters. The van der Waals surface area contributed by atoms with Crippen LogP contribution in [0.2, 0.25) is 30.1 Å². The van der Waals surface area contributed by atoms with Crippen LogP contribution in [0, 0.1) is 0 Å². The van der Waals surface area contributed by atoms with Crippen LogP contribution in [0.1, 0.15) is 0 Å². The van der Waals surface area contributed by atoms with Crippen LogP contribution in [0.15, 0.2) is 54.6 Å². The van der Waals surface area contributed by atoms with E-state index in [-0.39, 0.29) is 50.3 Å². The quantitative estimate of drug-likeness (QED) is 0.233. The van der Waals surface area contributed by atoms with Gasteiger partial charge in [-0.3, -0.25) is 0 Å². The summed E-state index contributed by atoms with van der Waals surface area (Å²) in [5.74, 6) is 0.745. The van der Waals surface area contributed by atoms with Gasteiger partial charge in [-0.25, -0.2) is 0 Å². The van der Waals surface area contributed by atoms with Crippen LogP contribution >= 0.6 is 69.6 Å². The Labute approximate surface area is 217 Å². The third-order valence-corrected chi connectivity index (χ3v) is 5.45. The van der Waals surface area contributed by atoms with Gasteiger partial charge in [-0.1, -0.05) is 69.6 Å².